The van der Waals surface area contributed by atoms with Gasteiger partial charge in [-0.05, 0) is 38.5 Å². The molecule has 3 aliphatic heterocycles. The van der Waals surface area contributed by atoms with Gasteiger partial charge in [0, 0.05) is 6.42 Å². The molecule has 1 amide bonds. The number of aliphatic hydroxyl groups excluding tert-OH is 11. The molecular weight excluding hydrogens is 879 g/mol. The highest BCUT2D eigenvalue weighted by molar-refractivity contribution is 5.76. The molecule has 67 heavy (non-hydrogen) atoms. The Bertz CT molecular complexity index is 1390. The average Bonchev–Trinajstić information content (AvgIpc) is 3.32. The fourth-order valence-corrected chi connectivity index (χ4v) is 8.23. The van der Waals surface area contributed by atoms with Crippen LogP contribution in [0.5, 0.6) is 0 Å². The van der Waals surface area contributed by atoms with Crippen LogP contribution in [0.1, 0.15) is 129 Å². The molecule has 17 atom stereocenters. The zero-order valence-electron chi connectivity index (χ0n) is 39.6. The van der Waals surface area contributed by atoms with E-state index in [1.54, 1.807) is 6.08 Å². The minimum Gasteiger partial charge on any atom is -0.394 e. The molecule has 3 rings (SSSR count). The first kappa shape index (κ1) is 59.3. The molecule has 3 fully saturated rings. The summed E-state index contributed by atoms with van der Waals surface area (Å²) in [4.78, 5) is 13.2. The van der Waals surface area contributed by atoms with E-state index >= 15 is 0 Å². The highest BCUT2D eigenvalue weighted by atomic mass is 16.8. The van der Waals surface area contributed by atoms with Gasteiger partial charge in [0.1, 0.15) is 73.2 Å². The van der Waals surface area contributed by atoms with E-state index in [1.165, 1.54) is 44.9 Å². The van der Waals surface area contributed by atoms with Crippen LogP contribution in [0.25, 0.3) is 0 Å². The maximum Gasteiger partial charge on any atom is 0.220 e. The molecule has 3 aliphatic rings. The van der Waals surface area contributed by atoms with Crippen molar-refractivity contribution in [2.75, 3.05) is 26.4 Å². The molecule has 12 N–H and O–H groups in total. The van der Waals surface area contributed by atoms with E-state index in [9.17, 15) is 61.0 Å². The molecule has 0 aliphatic carbocycles. The number of rotatable bonds is 33. The van der Waals surface area contributed by atoms with Crippen LogP contribution in [0.4, 0.5) is 0 Å². The van der Waals surface area contributed by atoms with Crippen LogP contribution in [0.2, 0.25) is 0 Å². The van der Waals surface area contributed by atoms with E-state index in [0.717, 1.165) is 51.4 Å². The van der Waals surface area contributed by atoms with Crippen molar-refractivity contribution in [3.05, 3.63) is 36.5 Å². The van der Waals surface area contributed by atoms with Gasteiger partial charge in [-0.15, -0.1) is 0 Å². The summed E-state index contributed by atoms with van der Waals surface area (Å²) in [6.45, 7) is 1.55. The van der Waals surface area contributed by atoms with Crippen molar-refractivity contribution < 1.29 is 89.4 Å². The third-order valence-corrected chi connectivity index (χ3v) is 12.4. The quantitative estimate of drug-likeness (QED) is 0.0323. The molecule has 0 saturated carbocycles. The van der Waals surface area contributed by atoms with Crippen molar-refractivity contribution in [3.63, 3.8) is 0 Å². The summed E-state index contributed by atoms with van der Waals surface area (Å²) in [5.74, 6) is -0.296. The molecular formula is C48H85NO18. The van der Waals surface area contributed by atoms with E-state index < -0.39 is 124 Å². The predicted octanol–water partition coefficient (Wildman–Crippen LogP) is 1.03. The number of allylic oxidation sites excluding steroid dienone is 5. The fourth-order valence-electron chi connectivity index (χ4n) is 8.23. The summed E-state index contributed by atoms with van der Waals surface area (Å²) in [5, 5.41) is 119. The SMILES string of the molecule is CCC/C=C/CC/C=C/CC/C=C/C(O)C(COC1OC(CO)C(OC2OC(CO)C(OC3OC(CO)C(O)C(O)C3O)C(O)C2O)C(O)C1O)NC(=O)CCCCCCCCCCCCC. The molecule has 0 aromatic rings. The molecule has 0 radical (unpaired) electrons. The van der Waals surface area contributed by atoms with Gasteiger partial charge in [0.05, 0.1) is 38.6 Å². The van der Waals surface area contributed by atoms with Crippen molar-refractivity contribution in [2.24, 2.45) is 0 Å². The summed E-state index contributed by atoms with van der Waals surface area (Å²) in [7, 11) is 0. The van der Waals surface area contributed by atoms with Gasteiger partial charge < -0.3 is 89.9 Å². The Hall–Kier alpha value is -1.99. The lowest BCUT2D eigenvalue weighted by Gasteiger charge is -2.48. The van der Waals surface area contributed by atoms with Crippen LogP contribution in [0.3, 0.4) is 0 Å². The fraction of sp³-hybridized carbons (Fsp3) is 0.854. The minimum atomic E-state index is -1.98. The molecule has 0 bridgehead atoms. The van der Waals surface area contributed by atoms with Gasteiger partial charge in [0.15, 0.2) is 18.9 Å². The van der Waals surface area contributed by atoms with Crippen molar-refractivity contribution in [3.8, 4) is 0 Å². The number of hydrogen-bond donors (Lipinski definition) is 12. The first-order chi connectivity index (χ1) is 32.3. The average molecular weight is 964 g/mol. The number of carbonyl (C=O) groups excluding carboxylic acids is 1. The van der Waals surface area contributed by atoms with Crippen molar-refractivity contribution in [1.29, 1.82) is 0 Å². The molecule has 3 saturated heterocycles. The summed E-state index contributed by atoms with van der Waals surface area (Å²) in [6, 6.07) is -0.989. The van der Waals surface area contributed by atoms with Crippen LogP contribution in [-0.2, 0) is 33.2 Å². The molecule has 19 heteroatoms. The lowest BCUT2D eigenvalue weighted by atomic mass is 9.96. The Morgan fingerprint density at radius 2 is 0.955 bits per heavy atom. The summed E-state index contributed by atoms with van der Waals surface area (Å²) in [5.41, 5.74) is 0. The van der Waals surface area contributed by atoms with Gasteiger partial charge in [0.2, 0.25) is 5.91 Å². The van der Waals surface area contributed by atoms with Gasteiger partial charge in [-0.3, -0.25) is 4.79 Å². The van der Waals surface area contributed by atoms with Gasteiger partial charge in [-0.2, -0.15) is 0 Å². The van der Waals surface area contributed by atoms with E-state index in [4.69, 9.17) is 28.4 Å². The van der Waals surface area contributed by atoms with Crippen molar-refractivity contribution in [1.82, 2.24) is 5.32 Å². The second kappa shape index (κ2) is 33.6. The third-order valence-electron chi connectivity index (χ3n) is 12.4. The number of aliphatic hydroxyl groups is 11. The van der Waals surface area contributed by atoms with Crippen LogP contribution in [0.15, 0.2) is 36.5 Å². The Labute approximate surface area is 396 Å². The van der Waals surface area contributed by atoms with Gasteiger partial charge >= 0.3 is 0 Å². The summed E-state index contributed by atoms with van der Waals surface area (Å²) < 4.78 is 34.0. The maximum absolute atomic E-state index is 13.2. The molecule has 390 valence electrons. The predicted molar refractivity (Wildman–Crippen MR) is 245 cm³/mol. The van der Waals surface area contributed by atoms with E-state index in [1.807, 2.05) is 6.08 Å². The normalized spacial score (nSPS) is 33.8. The molecule has 17 unspecified atom stereocenters. The van der Waals surface area contributed by atoms with Gasteiger partial charge in [-0.25, -0.2) is 0 Å². The molecule has 19 nitrogen and oxygen atoms in total. The van der Waals surface area contributed by atoms with Crippen molar-refractivity contribution >= 4 is 5.91 Å². The largest absolute Gasteiger partial charge is 0.394 e. The Morgan fingerprint density at radius 3 is 1.46 bits per heavy atom. The maximum atomic E-state index is 13.2. The summed E-state index contributed by atoms with van der Waals surface area (Å²) in [6.07, 6.45) is 3.15. The Morgan fingerprint density at radius 1 is 0.522 bits per heavy atom. The molecule has 0 spiro atoms. The van der Waals surface area contributed by atoms with Crippen LogP contribution in [-0.4, -0.2) is 193 Å². The van der Waals surface area contributed by atoms with Crippen LogP contribution < -0.4 is 5.32 Å². The lowest BCUT2D eigenvalue weighted by Crippen LogP contribution is -2.66. The zero-order valence-corrected chi connectivity index (χ0v) is 39.6. The molecule has 3 heterocycles. The second-order valence-electron chi connectivity index (χ2n) is 17.9. The van der Waals surface area contributed by atoms with E-state index in [0.29, 0.717) is 12.8 Å². The molecule has 0 aromatic heterocycles. The lowest BCUT2D eigenvalue weighted by molar-refractivity contribution is -0.379. The molecule has 0 aromatic carbocycles. The highest BCUT2D eigenvalue weighted by Gasteiger charge is 2.53. The second-order valence-corrected chi connectivity index (χ2v) is 17.9. The van der Waals surface area contributed by atoms with Crippen LogP contribution in [0, 0.1) is 0 Å². The van der Waals surface area contributed by atoms with Gasteiger partial charge in [-0.1, -0.05) is 121 Å². The number of nitrogens with one attached hydrogen (secondary N) is 1. The topological polar surface area (TPSA) is 307 Å². The first-order valence-electron chi connectivity index (χ1n) is 24.7. The number of unbranched alkanes of at least 4 members (excludes halogenated alkanes) is 13. The highest BCUT2D eigenvalue weighted by Crippen LogP contribution is 2.33. The summed E-state index contributed by atoms with van der Waals surface area (Å²) >= 11 is 0. The number of hydrogen-bond acceptors (Lipinski definition) is 18. The standard InChI is InChI=1S/C48H85NO18/c1-3-5-7-9-11-13-15-17-19-21-23-25-32(53)31(49-36(54)26-24-22-20-18-16-14-12-10-8-6-4-2)30-62-46-42(60)39(57)44(34(28-51)64-46)67-48-43(61)40(58)45(35(29-52)65-48)66-47-41(59)38(56)37(55)33(27-50)63-47/h7,9,15,17,23,25,31-35,37-48,50-53,55-61H,3-6,8,10-14,16,18-22,24,26-30H2,1-2H3,(H,49,54)/b9-7+,17-15+,25-23+. The monoisotopic (exact) mass is 964 g/mol. The smallest absolute Gasteiger partial charge is 0.220 e. The Balaban J connectivity index is 1.60. The Kier molecular flexibility index (Phi) is 29.7. The van der Waals surface area contributed by atoms with Crippen molar-refractivity contribution in [2.45, 2.75) is 234 Å². The van der Waals surface area contributed by atoms with Crippen LogP contribution >= 0.6 is 0 Å². The van der Waals surface area contributed by atoms with E-state index in [2.05, 4.69) is 43.5 Å². The van der Waals surface area contributed by atoms with E-state index in [-0.39, 0.29) is 18.9 Å². The third kappa shape index (κ3) is 20.0. The number of carbonyl (C=O) groups is 1. The zero-order chi connectivity index (χ0) is 49.1. The minimum absolute atomic E-state index is 0.233. The number of amides is 1. The first-order valence-corrected chi connectivity index (χ1v) is 24.7. The van der Waals surface area contributed by atoms with Gasteiger partial charge in [0.25, 0.3) is 0 Å². The number of ether oxygens (including phenoxy) is 6.